The van der Waals surface area contributed by atoms with E-state index in [1.54, 1.807) is 24.3 Å². The van der Waals surface area contributed by atoms with Crippen molar-refractivity contribution in [2.45, 2.75) is 103 Å². The summed E-state index contributed by atoms with van der Waals surface area (Å²) in [5.74, 6) is -4.69. The first-order valence-corrected chi connectivity index (χ1v) is 14.9. The molecule has 2 amide bonds. The maximum absolute atomic E-state index is 15.8. The summed E-state index contributed by atoms with van der Waals surface area (Å²) in [5.41, 5.74) is -0.498. The lowest BCUT2D eigenvalue weighted by molar-refractivity contribution is -0.141. The molecular formula is C31H40F2N4O5. The van der Waals surface area contributed by atoms with Crippen LogP contribution in [0.5, 0.6) is 5.88 Å². The molecule has 1 saturated heterocycles. The molecule has 3 heterocycles. The first-order chi connectivity index (χ1) is 19.8. The Bertz CT molecular complexity index is 1360. The Morgan fingerprint density at radius 2 is 1.79 bits per heavy atom. The summed E-state index contributed by atoms with van der Waals surface area (Å²) in [6.45, 7) is 8.71. The summed E-state index contributed by atoms with van der Waals surface area (Å²) in [4.78, 5) is 50.2. The molecule has 11 heteroatoms. The predicted molar refractivity (Wildman–Crippen MR) is 151 cm³/mol. The first-order valence-electron chi connectivity index (χ1n) is 14.9. The van der Waals surface area contributed by atoms with E-state index >= 15 is 8.78 Å². The predicted octanol–water partition coefficient (Wildman–Crippen LogP) is 5.40. The van der Waals surface area contributed by atoms with Gasteiger partial charge < -0.3 is 19.7 Å². The second-order valence-electron chi connectivity index (χ2n) is 13.0. The number of hydrogen-bond acceptors (Lipinski definition) is 7. The van der Waals surface area contributed by atoms with Crippen LogP contribution >= 0.6 is 0 Å². The SMILES string of the molecule is CC[C@@H]1[C@@H]2CN(C(=O)[C@H](C(C)(C)C)NC(=O)O[C@@H]3C[C@H]3CCCCC(F)(F)c3nc4ccccc4nc3O2)[C@@H]1C(C)=O. The molecule has 228 valence electrons. The van der Waals surface area contributed by atoms with Crippen LogP contribution in [0.1, 0.15) is 78.8 Å². The minimum absolute atomic E-state index is 0.0326. The number of carbonyl (C=O) groups excluding carboxylic acids is 3. The topological polar surface area (TPSA) is 111 Å². The van der Waals surface area contributed by atoms with E-state index in [9.17, 15) is 14.4 Å². The average Bonchev–Trinajstić information content (AvgIpc) is 3.54. The van der Waals surface area contributed by atoms with E-state index < -0.39 is 59.6 Å². The molecule has 0 radical (unpaired) electrons. The molecule has 2 bridgehead atoms. The van der Waals surface area contributed by atoms with Crippen molar-refractivity contribution in [3.05, 3.63) is 30.0 Å². The second kappa shape index (κ2) is 11.4. The van der Waals surface area contributed by atoms with Crippen LogP contribution in [0, 0.1) is 17.3 Å². The van der Waals surface area contributed by atoms with Gasteiger partial charge >= 0.3 is 6.09 Å². The Hall–Kier alpha value is -3.37. The number of hydrogen-bond donors (Lipinski definition) is 1. The minimum atomic E-state index is -3.32. The van der Waals surface area contributed by atoms with Gasteiger partial charge in [-0.25, -0.2) is 14.8 Å². The Morgan fingerprint density at radius 3 is 2.43 bits per heavy atom. The number of amides is 2. The molecule has 1 saturated carbocycles. The van der Waals surface area contributed by atoms with E-state index in [1.165, 1.54) is 11.8 Å². The summed E-state index contributed by atoms with van der Waals surface area (Å²) in [6, 6.07) is 4.93. The third kappa shape index (κ3) is 6.06. The molecule has 0 unspecified atom stereocenters. The molecular weight excluding hydrogens is 546 g/mol. The number of fused-ring (bicyclic) bond motifs is 5. The number of ether oxygens (including phenoxy) is 2. The fraction of sp³-hybridized carbons (Fsp3) is 0.645. The van der Waals surface area contributed by atoms with Gasteiger partial charge in [0, 0.05) is 12.3 Å². The normalized spacial score (nSPS) is 30.2. The van der Waals surface area contributed by atoms with Crippen molar-refractivity contribution in [1.82, 2.24) is 20.2 Å². The summed E-state index contributed by atoms with van der Waals surface area (Å²) < 4.78 is 43.5. The number of benzene rings is 1. The zero-order valence-corrected chi connectivity index (χ0v) is 24.9. The Morgan fingerprint density at radius 1 is 1.10 bits per heavy atom. The molecule has 2 aliphatic heterocycles. The van der Waals surface area contributed by atoms with Gasteiger partial charge in [-0.05, 0) is 56.1 Å². The van der Waals surface area contributed by atoms with Gasteiger partial charge in [-0.15, -0.1) is 0 Å². The minimum Gasteiger partial charge on any atom is -0.471 e. The molecule has 9 nitrogen and oxygen atoms in total. The van der Waals surface area contributed by atoms with Crippen LogP contribution in [0.25, 0.3) is 11.0 Å². The van der Waals surface area contributed by atoms with Crippen LogP contribution in [0.2, 0.25) is 0 Å². The number of nitrogens with one attached hydrogen (secondary N) is 1. The second-order valence-corrected chi connectivity index (χ2v) is 13.0. The van der Waals surface area contributed by atoms with E-state index in [4.69, 9.17) is 9.47 Å². The molecule has 5 rings (SSSR count). The lowest BCUT2D eigenvalue weighted by Gasteiger charge is -2.35. The third-order valence-electron chi connectivity index (χ3n) is 8.72. The monoisotopic (exact) mass is 586 g/mol. The fourth-order valence-electron chi connectivity index (χ4n) is 6.33. The molecule has 1 aliphatic carbocycles. The first kappa shape index (κ1) is 30.1. The molecule has 6 atom stereocenters. The van der Waals surface area contributed by atoms with Gasteiger partial charge in [-0.2, -0.15) is 8.78 Å². The van der Waals surface area contributed by atoms with Crippen LogP contribution < -0.4 is 10.1 Å². The number of alkyl halides is 2. The van der Waals surface area contributed by atoms with E-state index in [0.29, 0.717) is 36.7 Å². The highest BCUT2D eigenvalue weighted by Gasteiger charge is 2.51. The summed E-state index contributed by atoms with van der Waals surface area (Å²) in [6.07, 6.45) is 0.304. The molecule has 2 aromatic rings. The van der Waals surface area contributed by atoms with Crippen LogP contribution in [0.4, 0.5) is 13.6 Å². The number of para-hydroxylation sites is 2. The Kier molecular flexibility index (Phi) is 8.15. The Balaban J connectivity index is 1.57. The van der Waals surface area contributed by atoms with Gasteiger partial charge in [0.15, 0.2) is 11.5 Å². The van der Waals surface area contributed by atoms with Crippen LogP contribution in [0.3, 0.4) is 0 Å². The maximum Gasteiger partial charge on any atom is 0.408 e. The fourth-order valence-corrected chi connectivity index (χ4v) is 6.33. The average molecular weight is 587 g/mol. The smallest absolute Gasteiger partial charge is 0.408 e. The van der Waals surface area contributed by atoms with Crippen LogP contribution in [-0.4, -0.2) is 63.5 Å². The molecule has 0 spiro atoms. The number of Topliss-reactive ketones (excluding diaryl/α,β-unsaturated/α-hetero) is 1. The maximum atomic E-state index is 15.8. The van der Waals surface area contributed by atoms with Crippen molar-refractivity contribution in [3.63, 3.8) is 0 Å². The Labute approximate surface area is 244 Å². The molecule has 1 aromatic heterocycles. The molecule has 42 heavy (non-hydrogen) atoms. The van der Waals surface area contributed by atoms with Gasteiger partial charge in [-0.1, -0.05) is 46.2 Å². The van der Waals surface area contributed by atoms with E-state index in [-0.39, 0.29) is 36.7 Å². The quantitative estimate of drug-likeness (QED) is 0.502. The zero-order valence-electron chi connectivity index (χ0n) is 24.9. The van der Waals surface area contributed by atoms with Gasteiger partial charge in [0.25, 0.3) is 5.92 Å². The highest BCUT2D eigenvalue weighted by atomic mass is 19.3. The zero-order chi connectivity index (χ0) is 30.4. The number of nitrogens with zero attached hydrogens (tertiary/aromatic N) is 3. The van der Waals surface area contributed by atoms with Crippen LogP contribution in [0.15, 0.2) is 24.3 Å². The third-order valence-corrected chi connectivity index (χ3v) is 8.72. The van der Waals surface area contributed by atoms with Gasteiger partial charge in [0.1, 0.15) is 18.2 Å². The van der Waals surface area contributed by atoms with Gasteiger partial charge in [0.2, 0.25) is 11.8 Å². The van der Waals surface area contributed by atoms with Crippen molar-refractivity contribution in [2.24, 2.45) is 17.3 Å². The van der Waals surface area contributed by atoms with Crippen molar-refractivity contribution in [1.29, 1.82) is 0 Å². The van der Waals surface area contributed by atoms with Gasteiger partial charge in [0.05, 0.1) is 23.6 Å². The van der Waals surface area contributed by atoms with E-state index in [1.807, 2.05) is 27.7 Å². The van der Waals surface area contributed by atoms with Crippen molar-refractivity contribution in [3.8, 4) is 5.88 Å². The lowest BCUT2D eigenvalue weighted by atomic mass is 9.85. The number of carbonyl (C=O) groups is 3. The van der Waals surface area contributed by atoms with Gasteiger partial charge in [-0.3, -0.25) is 9.59 Å². The number of aromatic nitrogens is 2. The van der Waals surface area contributed by atoms with Crippen LogP contribution in [-0.2, 0) is 20.2 Å². The van der Waals surface area contributed by atoms with Crippen molar-refractivity contribution in [2.75, 3.05) is 6.54 Å². The highest BCUT2D eigenvalue weighted by molar-refractivity contribution is 5.92. The summed E-state index contributed by atoms with van der Waals surface area (Å²) in [7, 11) is 0. The molecule has 2 fully saturated rings. The molecule has 1 aromatic carbocycles. The molecule has 1 N–H and O–H groups in total. The van der Waals surface area contributed by atoms with Crippen molar-refractivity contribution < 1.29 is 32.6 Å². The highest BCUT2D eigenvalue weighted by Crippen LogP contribution is 2.43. The molecule has 3 aliphatic rings. The summed E-state index contributed by atoms with van der Waals surface area (Å²) >= 11 is 0. The van der Waals surface area contributed by atoms with E-state index in [2.05, 4.69) is 15.3 Å². The van der Waals surface area contributed by atoms with Crippen molar-refractivity contribution >= 4 is 28.8 Å². The number of rotatable bonds is 2. The lowest BCUT2D eigenvalue weighted by Crippen LogP contribution is -2.57. The van der Waals surface area contributed by atoms with E-state index in [0.717, 1.165) is 0 Å². The largest absolute Gasteiger partial charge is 0.471 e. The standard InChI is InChI=1S/C31H40F2N4O5/c1-6-19-23-16-37(24(19)17(2)38)28(39)26(30(3,4)5)36-29(40)42-22-15-18(22)11-9-10-14-31(32,33)25-27(41-23)35-21-13-8-7-12-20(21)34-25/h7-8,12-13,18-19,22-24,26H,6,9-11,14-16H2,1-5H3,(H,36,40)/t18-,19-,22-,23+,24-,26-/m1/s1. The number of halogens is 2. The number of ketones is 1. The summed E-state index contributed by atoms with van der Waals surface area (Å²) in [5, 5.41) is 2.76. The number of alkyl carbamates (subject to hydrolysis) is 1.